The second-order valence-corrected chi connectivity index (χ2v) is 4.40. The van der Waals surface area contributed by atoms with Gasteiger partial charge in [-0.1, -0.05) is 6.58 Å². The van der Waals surface area contributed by atoms with Crippen molar-refractivity contribution in [3.8, 4) is 0 Å². The third-order valence-electron chi connectivity index (χ3n) is 2.63. The van der Waals surface area contributed by atoms with Gasteiger partial charge in [0.25, 0.3) is 0 Å². The highest BCUT2D eigenvalue weighted by Crippen LogP contribution is 2.41. The first-order chi connectivity index (χ1) is 9.96. The number of alkyl halides is 4. The van der Waals surface area contributed by atoms with Gasteiger partial charge in [-0.3, -0.25) is 0 Å². The number of hydrogen-bond donors (Lipinski definition) is 0. The molecule has 22 heavy (non-hydrogen) atoms. The van der Waals surface area contributed by atoms with E-state index in [4.69, 9.17) is 0 Å². The van der Waals surface area contributed by atoms with Crippen LogP contribution in [0.3, 0.4) is 0 Å². The fourth-order valence-electron chi connectivity index (χ4n) is 1.52. The van der Waals surface area contributed by atoms with Gasteiger partial charge in [0.2, 0.25) is 12.2 Å². The Balaban J connectivity index is 3.15. The molecule has 6 nitrogen and oxygen atoms in total. The SMILES string of the molecule is C=C(C)C(=O)OC1C(C(F)(F)C(=O)OCC)OC(=O)C1(F)F. The molecule has 0 bridgehead atoms. The minimum Gasteiger partial charge on any atom is -0.461 e. The first-order valence-corrected chi connectivity index (χ1v) is 5.96. The molecule has 1 aliphatic heterocycles. The van der Waals surface area contributed by atoms with Crippen LogP contribution in [0.1, 0.15) is 13.8 Å². The van der Waals surface area contributed by atoms with E-state index in [2.05, 4.69) is 20.8 Å². The standard InChI is InChI=1S/C12H12F4O6/c1-4-20-9(18)11(13,14)7-6(21-8(17)5(2)3)12(15,16)10(19)22-7/h6-7H,2,4H2,1,3H3. The average molecular weight is 328 g/mol. The predicted molar refractivity (Wildman–Crippen MR) is 61.1 cm³/mol. The Labute approximate surface area is 122 Å². The van der Waals surface area contributed by atoms with Crippen molar-refractivity contribution in [1.82, 2.24) is 0 Å². The van der Waals surface area contributed by atoms with Crippen LogP contribution in [-0.4, -0.2) is 48.6 Å². The molecule has 124 valence electrons. The van der Waals surface area contributed by atoms with E-state index >= 15 is 0 Å². The van der Waals surface area contributed by atoms with Crippen LogP contribution in [0.5, 0.6) is 0 Å². The van der Waals surface area contributed by atoms with Crippen molar-refractivity contribution in [3.05, 3.63) is 12.2 Å². The fraction of sp³-hybridized carbons (Fsp3) is 0.583. The van der Waals surface area contributed by atoms with Gasteiger partial charge < -0.3 is 14.2 Å². The normalized spacial score (nSPS) is 23.6. The number of hydrogen-bond acceptors (Lipinski definition) is 6. The number of halogens is 4. The molecule has 1 rings (SSSR count). The summed E-state index contributed by atoms with van der Waals surface area (Å²) in [7, 11) is 0. The van der Waals surface area contributed by atoms with Crippen molar-refractivity contribution in [2.75, 3.05) is 6.61 Å². The van der Waals surface area contributed by atoms with E-state index in [-0.39, 0.29) is 5.57 Å². The quantitative estimate of drug-likeness (QED) is 0.327. The monoisotopic (exact) mass is 328 g/mol. The highest BCUT2D eigenvalue weighted by molar-refractivity contribution is 5.89. The summed E-state index contributed by atoms with van der Waals surface area (Å²) >= 11 is 0. The van der Waals surface area contributed by atoms with Crippen LogP contribution in [0, 0.1) is 0 Å². The number of ether oxygens (including phenoxy) is 3. The molecule has 1 aliphatic rings. The lowest BCUT2D eigenvalue weighted by Crippen LogP contribution is -2.52. The van der Waals surface area contributed by atoms with Crippen molar-refractivity contribution < 1.29 is 46.2 Å². The van der Waals surface area contributed by atoms with E-state index in [0.717, 1.165) is 6.92 Å². The van der Waals surface area contributed by atoms with Gasteiger partial charge >= 0.3 is 29.8 Å². The summed E-state index contributed by atoms with van der Waals surface area (Å²) in [6, 6.07) is 0. The van der Waals surface area contributed by atoms with Crippen LogP contribution in [0.25, 0.3) is 0 Å². The van der Waals surface area contributed by atoms with Crippen LogP contribution >= 0.6 is 0 Å². The Morgan fingerprint density at radius 1 is 1.41 bits per heavy atom. The topological polar surface area (TPSA) is 78.9 Å². The summed E-state index contributed by atoms with van der Waals surface area (Å²) in [5.41, 5.74) is -0.367. The zero-order valence-corrected chi connectivity index (χ0v) is 11.5. The Bertz CT molecular complexity index is 516. The van der Waals surface area contributed by atoms with E-state index in [9.17, 15) is 31.9 Å². The van der Waals surface area contributed by atoms with E-state index in [1.54, 1.807) is 0 Å². The molecule has 10 heteroatoms. The zero-order chi connectivity index (χ0) is 17.3. The van der Waals surface area contributed by atoms with Crippen molar-refractivity contribution >= 4 is 17.9 Å². The lowest BCUT2D eigenvalue weighted by Gasteiger charge is -2.25. The largest absolute Gasteiger partial charge is 0.461 e. The number of carbonyl (C=O) groups excluding carboxylic acids is 3. The lowest BCUT2D eigenvalue weighted by molar-refractivity contribution is -0.205. The van der Waals surface area contributed by atoms with Crippen molar-refractivity contribution in [2.24, 2.45) is 0 Å². The minimum atomic E-state index is -4.62. The molecule has 2 unspecified atom stereocenters. The summed E-state index contributed by atoms with van der Waals surface area (Å²) < 4.78 is 66.9. The van der Waals surface area contributed by atoms with Gasteiger partial charge in [-0.2, -0.15) is 17.6 Å². The minimum absolute atomic E-state index is 0.367. The van der Waals surface area contributed by atoms with Gasteiger partial charge in [0.05, 0.1) is 6.61 Å². The van der Waals surface area contributed by atoms with Gasteiger partial charge in [-0.25, -0.2) is 14.4 Å². The maximum Gasteiger partial charge on any atom is 0.382 e. The van der Waals surface area contributed by atoms with E-state index < -0.39 is 48.6 Å². The average Bonchev–Trinajstić information content (AvgIpc) is 2.62. The molecular formula is C12H12F4O6. The summed E-state index contributed by atoms with van der Waals surface area (Å²) in [5.74, 6) is -15.1. The van der Waals surface area contributed by atoms with E-state index in [1.807, 2.05) is 0 Å². The fourth-order valence-corrected chi connectivity index (χ4v) is 1.52. The molecule has 0 aliphatic carbocycles. The number of cyclic esters (lactones) is 1. The van der Waals surface area contributed by atoms with Crippen LogP contribution in [0.4, 0.5) is 17.6 Å². The van der Waals surface area contributed by atoms with Crippen molar-refractivity contribution in [2.45, 2.75) is 37.9 Å². The first-order valence-electron chi connectivity index (χ1n) is 5.96. The number of esters is 3. The van der Waals surface area contributed by atoms with Crippen LogP contribution in [0.2, 0.25) is 0 Å². The maximum absolute atomic E-state index is 13.8. The van der Waals surface area contributed by atoms with Crippen LogP contribution < -0.4 is 0 Å². The van der Waals surface area contributed by atoms with Gasteiger partial charge in [0, 0.05) is 5.57 Å². The zero-order valence-electron chi connectivity index (χ0n) is 11.5. The van der Waals surface area contributed by atoms with E-state index in [0.29, 0.717) is 0 Å². The molecule has 0 amide bonds. The highest BCUT2D eigenvalue weighted by Gasteiger charge is 2.71. The third-order valence-corrected chi connectivity index (χ3v) is 2.63. The first kappa shape index (κ1) is 17.9. The Morgan fingerprint density at radius 2 is 1.95 bits per heavy atom. The molecular weight excluding hydrogens is 316 g/mol. The molecule has 1 saturated heterocycles. The molecule has 0 radical (unpaired) electrons. The molecule has 0 aromatic carbocycles. The molecule has 0 N–H and O–H groups in total. The Hall–Kier alpha value is -2.13. The summed E-state index contributed by atoms with van der Waals surface area (Å²) in [6.45, 7) is 4.92. The van der Waals surface area contributed by atoms with Gasteiger partial charge in [0.15, 0.2) is 0 Å². The second-order valence-electron chi connectivity index (χ2n) is 4.40. The molecule has 1 fully saturated rings. The Kier molecular flexibility index (Phi) is 4.83. The van der Waals surface area contributed by atoms with Crippen molar-refractivity contribution in [3.63, 3.8) is 0 Å². The molecule has 1 heterocycles. The number of rotatable bonds is 5. The highest BCUT2D eigenvalue weighted by atomic mass is 19.3. The molecule has 0 spiro atoms. The third kappa shape index (κ3) is 3.04. The summed E-state index contributed by atoms with van der Waals surface area (Å²) in [4.78, 5) is 33.5. The Morgan fingerprint density at radius 3 is 2.41 bits per heavy atom. The van der Waals surface area contributed by atoms with Gasteiger partial charge in [0.1, 0.15) is 0 Å². The second kappa shape index (κ2) is 5.93. The molecule has 2 atom stereocenters. The van der Waals surface area contributed by atoms with Crippen molar-refractivity contribution in [1.29, 1.82) is 0 Å². The number of carbonyl (C=O) groups is 3. The molecule has 0 aromatic heterocycles. The lowest BCUT2D eigenvalue weighted by atomic mass is 10.0. The molecule has 0 aromatic rings. The van der Waals surface area contributed by atoms with Gasteiger partial charge in [-0.15, -0.1) is 0 Å². The van der Waals surface area contributed by atoms with Gasteiger partial charge in [-0.05, 0) is 13.8 Å². The van der Waals surface area contributed by atoms with E-state index in [1.165, 1.54) is 6.92 Å². The summed E-state index contributed by atoms with van der Waals surface area (Å²) in [5, 5.41) is 0. The predicted octanol–water partition coefficient (Wildman–Crippen LogP) is 1.23. The smallest absolute Gasteiger partial charge is 0.382 e. The van der Waals surface area contributed by atoms with Crippen LogP contribution in [-0.2, 0) is 28.6 Å². The maximum atomic E-state index is 13.8. The summed E-state index contributed by atoms with van der Waals surface area (Å²) in [6.07, 6.45) is -5.99. The van der Waals surface area contributed by atoms with Crippen LogP contribution in [0.15, 0.2) is 12.2 Å². The molecule has 0 saturated carbocycles.